The summed E-state index contributed by atoms with van der Waals surface area (Å²) in [5, 5.41) is 0. The number of rotatable bonds is 1. The van der Waals surface area contributed by atoms with Crippen molar-refractivity contribution in [1.29, 1.82) is 0 Å². The number of ether oxygens (including phenoxy) is 2. The molecule has 3 heteroatoms. The van der Waals surface area contributed by atoms with Crippen LogP contribution in [-0.4, -0.2) is 17.9 Å². The van der Waals surface area contributed by atoms with E-state index in [1.165, 1.54) is 6.42 Å². The summed E-state index contributed by atoms with van der Waals surface area (Å²) in [4.78, 5) is 11.6. The standard InChI is InChI=1S/C14H26O3/c1-10-7-11(9-14(5,6)8-10)16-12(15)17-13(2,3)4/h10-11H,7-9H2,1-6H3/t10-,11+/m1/s1. The molecule has 0 aliphatic heterocycles. The molecule has 1 rings (SSSR count). The number of hydrogen-bond donors (Lipinski definition) is 0. The Hall–Kier alpha value is -0.730. The van der Waals surface area contributed by atoms with Crippen LogP contribution < -0.4 is 0 Å². The number of carbonyl (C=O) groups is 1. The maximum atomic E-state index is 11.6. The summed E-state index contributed by atoms with van der Waals surface area (Å²) in [5.74, 6) is 0.603. The van der Waals surface area contributed by atoms with Crippen molar-refractivity contribution in [2.75, 3.05) is 0 Å². The van der Waals surface area contributed by atoms with E-state index in [1.807, 2.05) is 20.8 Å². The van der Waals surface area contributed by atoms with Crippen molar-refractivity contribution >= 4 is 6.16 Å². The molecule has 1 aliphatic rings. The molecule has 0 aromatic carbocycles. The smallest absolute Gasteiger partial charge is 0.431 e. The van der Waals surface area contributed by atoms with Gasteiger partial charge in [-0.3, -0.25) is 0 Å². The monoisotopic (exact) mass is 242 g/mol. The average Bonchev–Trinajstić information content (AvgIpc) is 1.93. The van der Waals surface area contributed by atoms with Crippen molar-refractivity contribution in [3.63, 3.8) is 0 Å². The fourth-order valence-electron chi connectivity index (χ4n) is 2.76. The summed E-state index contributed by atoms with van der Waals surface area (Å²) >= 11 is 0. The molecular formula is C14H26O3. The van der Waals surface area contributed by atoms with Crippen LogP contribution in [0.3, 0.4) is 0 Å². The Balaban J connectivity index is 2.49. The highest BCUT2D eigenvalue weighted by Gasteiger charge is 2.34. The zero-order valence-corrected chi connectivity index (χ0v) is 12.0. The van der Waals surface area contributed by atoms with Crippen LogP contribution in [0, 0.1) is 11.3 Å². The molecule has 2 atom stereocenters. The SMILES string of the molecule is C[C@@H]1C[C@H](OC(=O)OC(C)(C)C)CC(C)(C)C1. The zero-order valence-electron chi connectivity index (χ0n) is 12.0. The molecule has 0 saturated heterocycles. The second-order valence-electron chi connectivity index (χ2n) is 7.12. The lowest BCUT2D eigenvalue weighted by Crippen LogP contribution is -2.35. The van der Waals surface area contributed by atoms with Crippen LogP contribution in [-0.2, 0) is 9.47 Å². The second kappa shape index (κ2) is 4.87. The van der Waals surface area contributed by atoms with E-state index in [0.717, 1.165) is 12.8 Å². The largest absolute Gasteiger partial charge is 0.509 e. The van der Waals surface area contributed by atoms with Crippen molar-refractivity contribution in [3.05, 3.63) is 0 Å². The maximum Gasteiger partial charge on any atom is 0.509 e. The van der Waals surface area contributed by atoms with E-state index in [2.05, 4.69) is 20.8 Å². The lowest BCUT2D eigenvalue weighted by atomic mass is 9.71. The van der Waals surface area contributed by atoms with Gasteiger partial charge in [-0.15, -0.1) is 0 Å². The molecule has 0 aromatic heterocycles. The van der Waals surface area contributed by atoms with Crippen LogP contribution in [0.5, 0.6) is 0 Å². The highest BCUT2D eigenvalue weighted by atomic mass is 16.7. The summed E-state index contributed by atoms with van der Waals surface area (Å²) in [6, 6.07) is 0. The van der Waals surface area contributed by atoms with Crippen molar-refractivity contribution in [2.24, 2.45) is 11.3 Å². The third-order valence-electron chi connectivity index (χ3n) is 3.00. The van der Waals surface area contributed by atoms with E-state index >= 15 is 0 Å². The van der Waals surface area contributed by atoms with E-state index in [1.54, 1.807) is 0 Å². The molecule has 1 fully saturated rings. The van der Waals surface area contributed by atoms with Gasteiger partial charge in [-0.2, -0.15) is 0 Å². The van der Waals surface area contributed by atoms with E-state index in [4.69, 9.17) is 9.47 Å². The van der Waals surface area contributed by atoms with Gasteiger partial charge in [0.05, 0.1) is 0 Å². The molecular weight excluding hydrogens is 216 g/mol. The van der Waals surface area contributed by atoms with Crippen molar-refractivity contribution in [3.8, 4) is 0 Å². The molecule has 0 radical (unpaired) electrons. The van der Waals surface area contributed by atoms with E-state index in [0.29, 0.717) is 5.92 Å². The van der Waals surface area contributed by atoms with Gasteiger partial charge >= 0.3 is 6.16 Å². The molecule has 1 aliphatic carbocycles. The van der Waals surface area contributed by atoms with Gasteiger partial charge in [0, 0.05) is 0 Å². The van der Waals surface area contributed by atoms with Gasteiger partial charge in [0.2, 0.25) is 0 Å². The second-order valence-corrected chi connectivity index (χ2v) is 7.12. The molecule has 0 heterocycles. The number of hydrogen-bond acceptors (Lipinski definition) is 3. The van der Waals surface area contributed by atoms with Crippen LogP contribution in [0.4, 0.5) is 4.79 Å². The third-order valence-corrected chi connectivity index (χ3v) is 3.00. The summed E-state index contributed by atoms with van der Waals surface area (Å²) in [6.45, 7) is 12.2. The normalized spacial score (nSPS) is 28.6. The molecule has 0 spiro atoms. The summed E-state index contributed by atoms with van der Waals surface area (Å²) in [7, 11) is 0. The Morgan fingerprint density at radius 2 is 1.82 bits per heavy atom. The van der Waals surface area contributed by atoms with E-state index < -0.39 is 11.8 Å². The van der Waals surface area contributed by atoms with Crippen LogP contribution in [0.1, 0.15) is 60.8 Å². The minimum atomic E-state index is -0.535. The molecule has 0 aromatic rings. The topological polar surface area (TPSA) is 35.5 Å². The molecule has 0 bridgehead atoms. The maximum absolute atomic E-state index is 11.6. The first-order chi connectivity index (χ1) is 7.57. The fourth-order valence-corrected chi connectivity index (χ4v) is 2.76. The van der Waals surface area contributed by atoms with Gasteiger partial charge in [-0.05, 0) is 51.4 Å². The summed E-state index contributed by atoms with van der Waals surface area (Å²) < 4.78 is 10.6. The molecule has 3 nitrogen and oxygen atoms in total. The van der Waals surface area contributed by atoms with Gasteiger partial charge in [0.25, 0.3) is 0 Å². The molecule has 0 amide bonds. The predicted octanol–water partition coefficient (Wildman–Crippen LogP) is 4.15. The minimum absolute atomic E-state index is 0.00333. The van der Waals surface area contributed by atoms with Crippen LogP contribution in [0.15, 0.2) is 0 Å². The molecule has 100 valence electrons. The van der Waals surface area contributed by atoms with Gasteiger partial charge < -0.3 is 9.47 Å². The van der Waals surface area contributed by atoms with Crippen LogP contribution >= 0.6 is 0 Å². The first-order valence-electron chi connectivity index (χ1n) is 6.47. The summed E-state index contributed by atoms with van der Waals surface area (Å²) in [6.07, 6.45) is 2.54. The zero-order chi connectivity index (χ0) is 13.3. The summed E-state index contributed by atoms with van der Waals surface area (Å²) in [5.41, 5.74) is -0.225. The molecule has 17 heavy (non-hydrogen) atoms. The Kier molecular flexibility index (Phi) is 4.11. The van der Waals surface area contributed by atoms with E-state index in [-0.39, 0.29) is 11.5 Å². The average molecular weight is 242 g/mol. The van der Waals surface area contributed by atoms with Crippen molar-refractivity contribution in [2.45, 2.75) is 72.5 Å². The fraction of sp³-hybridized carbons (Fsp3) is 0.929. The first kappa shape index (κ1) is 14.3. The Bertz CT molecular complexity index is 276. The van der Waals surface area contributed by atoms with Crippen LogP contribution in [0.2, 0.25) is 0 Å². The van der Waals surface area contributed by atoms with Crippen molar-refractivity contribution < 1.29 is 14.3 Å². The highest BCUT2D eigenvalue weighted by molar-refractivity contribution is 5.60. The van der Waals surface area contributed by atoms with Gasteiger partial charge in [-0.1, -0.05) is 20.8 Å². The Labute approximate surface area is 105 Å². The quantitative estimate of drug-likeness (QED) is 0.648. The lowest BCUT2D eigenvalue weighted by Gasteiger charge is -2.38. The highest BCUT2D eigenvalue weighted by Crippen LogP contribution is 2.39. The third kappa shape index (κ3) is 5.42. The molecule has 1 saturated carbocycles. The van der Waals surface area contributed by atoms with Gasteiger partial charge in [0.1, 0.15) is 11.7 Å². The molecule has 0 unspecified atom stereocenters. The minimum Gasteiger partial charge on any atom is -0.431 e. The first-order valence-corrected chi connectivity index (χ1v) is 6.47. The van der Waals surface area contributed by atoms with Gasteiger partial charge in [-0.25, -0.2) is 4.79 Å². The lowest BCUT2D eigenvalue weighted by molar-refractivity contribution is -0.0513. The Morgan fingerprint density at radius 1 is 1.24 bits per heavy atom. The predicted molar refractivity (Wildman–Crippen MR) is 67.9 cm³/mol. The van der Waals surface area contributed by atoms with Crippen LogP contribution in [0.25, 0.3) is 0 Å². The van der Waals surface area contributed by atoms with Crippen molar-refractivity contribution in [1.82, 2.24) is 0 Å². The van der Waals surface area contributed by atoms with Gasteiger partial charge in [0.15, 0.2) is 0 Å². The van der Waals surface area contributed by atoms with E-state index in [9.17, 15) is 4.79 Å². The Morgan fingerprint density at radius 3 is 2.29 bits per heavy atom. The number of carbonyl (C=O) groups excluding carboxylic acids is 1. The molecule has 0 N–H and O–H groups in total.